The second kappa shape index (κ2) is 9.78. The van der Waals surface area contributed by atoms with Crippen molar-refractivity contribution in [2.75, 3.05) is 18.4 Å². The second-order valence-corrected chi connectivity index (χ2v) is 6.51. The van der Waals surface area contributed by atoms with Gasteiger partial charge >= 0.3 is 0 Å². The Bertz CT molecular complexity index is 470. The smallest absolute Gasteiger partial charge is 0.224 e. The van der Waals surface area contributed by atoms with Crippen molar-refractivity contribution >= 4 is 24.0 Å². The zero-order valence-electron chi connectivity index (χ0n) is 14.3. The van der Waals surface area contributed by atoms with E-state index >= 15 is 0 Å². The van der Waals surface area contributed by atoms with Crippen LogP contribution < -0.4 is 15.4 Å². The van der Waals surface area contributed by atoms with Gasteiger partial charge < -0.3 is 15.4 Å². The Morgan fingerprint density at radius 3 is 2.39 bits per heavy atom. The third kappa shape index (κ3) is 6.80. The summed E-state index contributed by atoms with van der Waals surface area (Å²) < 4.78 is 5.60. The number of halogens is 1. The summed E-state index contributed by atoms with van der Waals surface area (Å²) >= 11 is 0. The molecule has 0 radical (unpaired) electrons. The van der Waals surface area contributed by atoms with Gasteiger partial charge in [-0.1, -0.05) is 6.92 Å². The Hall–Kier alpha value is -1.26. The predicted molar refractivity (Wildman–Crippen MR) is 97.5 cm³/mol. The van der Waals surface area contributed by atoms with Gasteiger partial charge in [0.1, 0.15) is 5.75 Å². The highest BCUT2D eigenvalue weighted by Crippen LogP contribution is 2.25. The largest absolute Gasteiger partial charge is 0.491 e. The summed E-state index contributed by atoms with van der Waals surface area (Å²) in [6.07, 6.45) is 3.10. The number of carbonyl (C=O) groups excluding carboxylic acids is 1. The molecule has 0 bridgehead atoms. The van der Waals surface area contributed by atoms with Gasteiger partial charge in [-0.05, 0) is 75.9 Å². The molecule has 1 atom stereocenters. The number of amides is 1. The molecule has 0 saturated carbocycles. The SMILES string of the molecule is CC(C)Oc1ccc(NC(=O)CC(C)C2CCNCC2)cc1.Cl. The van der Waals surface area contributed by atoms with Crippen LogP contribution in [-0.4, -0.2) is 25.1 Å². The fourth-order valence-corrected chi connectivity index (χ4v) is 2.97. The third-order valence-electron chi connectivity index (χ3n) is 4.21. The van der Waals surface area contributed by atoms with Gasteiger partial charge in [0.05, 0.1) is 6.10 Å². The zero-order chi connectivity index (χ0) is 15.9. The number of hydrogen-bond acceptors (Lipinski definition) is 3. The molecule has 130 valence electrons. The maximum atomic E-state index is 12.2. The lowest BCUT2D eigenvalue weighted by Gasteiger charge is -2.27. The molecule has 23 heavy (non-hydrogen) atoms. The van der Waals surface area contributed by atoms with Crippen LogP contribution in [0.1, 0.15) is 40.0 Å². The molecule has 0 spiro atoms. The second-order valence-electron chi connectivity index (χ2n) is 6.51. The summed E-state index contributed by atoms with van der Waals surface area (Å²) in [7, 11) is 0. The lowest BCUT2D eigenvalue weighted by Crippen LogP contribution is -2.32. The number of benzene rings is 1. The zero-order valence-corrected chi connectivity index (χ0v) is 15.1. The van der Waals surface area contributed by atoms with Crippen LogP contribution in [0, 0.1) is 11.8 Å². The fraction of sp³-hybridized carbons (Fsp3) is 0.611. The molecule has 2 N–H and O–H groups in total. The Morgan fingerprint density at radius 2 is 1.83 bits per heavy atom. The predicted octanol–water partition coefficient (Wildman–Crippen LogP) is 3.86. The first-order valence-electron chi connectivity index (χ1n) is 8.32. The van der Waals surface area contributed by atoms with Gasteiger partial charge in [-0.25, -0.2) is 0 Å². The molecule has 1 aliphatic heterocycles. The van der Waals surface area contributed by atoms with Crippen LogP contribution in [0.3, 0.4) is 0 Å². The Morgan fingerprint density at radius 1 is 1.22 bits per heavy atom. The first kappa shape index (κ1) is 19.8. The molecule has 1 saturated heterocycles. The first-order valence-corrected chi connectivity index (χ1v) is 8.32. The number of anilines is 1. The van der Waals surface area contributed by atoms with Crippen LogP contribution in [0.4, 0.5) is 5.69 Å². The van der Waals surface area contributed by atoms with Crippen LogP contribution >= 0.6 is 12.4 Å². The lowest BCUT2D eigenvalue weighted by atomic mass is 9.84. The van der Waals surface area contributed by atoms with Crippen molar-refractivity contribution in [3.05, 3.63) is 24.3 Å². The van der Waals surface area contributed by atoms with Gasteiger partial charge in [0.15, 0.2) is 0 Å². The van der Waals surface area contributed by atoms with Gasteiger partial charge in [-0.3, -0.25) is 4.79 Å². The number of nitrogens with one attached hydrogen (secondary N) is 2. The maximum Gasteiger partial charge on any atom is 0.224 e. The van der Waals surface area contributed by atoms with E-state index in [9.17, 15) is 4.79 Å². The molecule has 1 unspecified atom stereocenters. The summed E-state index contributed by atoms with van der Waals surface area (Å²) in [4.78, 5) is 12.2. The summed E-state index contributed by atoms with van der Waals surface area (Å²) in [5.74, 6) is 2.03. The van der Waals surface area contributed by atoms with E-state index in [2.05, 4.69) is 17.6 Å². The highest BCUT2D eigenvalue weighted by Gasteiger charge is 2.21. The van der Waals surface area contributed by atoms with E-state index in [-0.39, 0.29) is 24.4 Å². The Balaban J connectivity index is 0.00000264. The van der Waals surface area contributed by atoms with Crippen molar-refractivity contribution < 1.29 is 9.53 Å². The summed E-state index contributed by atoms with van der Waals surface area (Å²) in [6.45, 7) is 8.34. The minimum Gasteiger partial charge on any atom is -0.491 e. The highest BCUT2D eigenvalue weighted by atomic mass is 35.5. The third-order valence-corrected chi connectivity index (χ3v) is 4.21. The number of rotatable bonds is 6. The van der Waals surface area contributed by atoms with E-state index < -0.39 is 0 Å². The summed E-state index contributed by atoms with van der Waals surface area (Å²) in [6, 6.07) is 7.58. The van der Waals surface area contributed by atoms with Crippen molar-refractivity contribution in [1.82, 2.24) is 5.32 Å². The molecular formula is C18H29ClN2O2. The number of carbonyl (C=O) groups is 1. The van der Waals surface area contributed by atoms with Crippen LogP contribution in [-0.2, 0) is 4.79 Å². The molecule has 1 heterocycles. The molecule has 2 rings (SSSR count). The van der Waals surface area contributed by atoms with Crippen molar-refractivity contribution in [1.29, 1.82) is 0 Å². The average Bonchev–Trinajstić information content (AvgIpc) is 2.49. The van der Waals surface area contributed by atoms with Crippen molar-refractivity contribution in [2.45, 2.75) is 46.1 Å². The number of piperidine rings is 1. The molecule has 1 fully saturated rings. The van der Waals surface area contributed by atoms with Gasteiger partial charge in [-0.2, -0.15) is 0 Å². The Kier molecular flexibility index (Phi) is 8.42. The van der Waals surface area contributed by atoms with E-state index in [0.29, 0.717) is 18.3 Å². The van der Waals surface area contributed by atoms with Gasteiger partial charge in [0, 0.05) is 12.1 Å². The fourth-order valence-electron chi connectivity index (χ4n) is 2.97. The minimum absolute atomic E-state index is 0. The average molecular weight is 341 g/mol. The minimum atomic E-state index is 0. The van der Waals surface area contributed by atoms with Crippen LogP contribution in [0.25, 0.3) is 0 Å². The lowest BCUT2D eigenvalue weighted by molar-refractivity contribution is -0.117. The topological polar surface area (TPSA) is 50.4 Å². The van der Waals surface area contributed by atoms with E-state index in [4.69, 9.17) is 4.74 Å². The molecule has 4 nitrogen and oxygen atoms in total. The van der Waals surface area contributed by atoms with Crippen LogP contribution in [0.5, 0.6) is 5.75 Å². The molecular weight excluding hydrogens is 312 g/mol. The van der Waals surface area contributed by atoms with Gasteiger partial charge in [0.25, 0.3) is 0 Å². The van der Waals surface area contributed by atoms with Crippen LogP contribution in [0.15, 0.2) is 24.3 Å². The van der Waals surface area contributed by atoms with E-state index in [1.165, 1.54) is 12.8 Å². The quantitative estimate of drug-likeness (QED) is 0.826. The highest BCUT2D eigenvalue weighted by molar-refractivity contribution is 5.90. The molecule has 5 heteroatoms. The van der Waals surface area contributed by atoms with Crippen LogP contribution in [0.2, 0.25) is 0 Å². The van der Waals surface area contributed by atoms with Gasteiger partial charge in [-0.15, -0.1) is 12.4 Å². The summed E-state index contributed by atoms with van der Waals surface area (Å²) in [5, 5.41) is 6.35. The first-order chi connectivity index (χ1) is 10.5. The van der Waals surface area contributed by atoms with Crippen molar-refractivity contribution in [3.63, 3.8) is 0 Å². The molecule has 1 amide bonds. The van der Waals surface area contributed by atoms with Crippen molar-refractivity contribution in [2.24, 2.45) is 11.8 Å². The number of hydrogen-bond donors (Lipinski definition) is 2. The summed E-state index contributed by atoms with van der Waals surface area (Å²) in [5.41, 5.74) is 0.832. The normalized spacial score (nSPS) is 16.5. The number of ether oxygens (including phenoxy) is 1. The van der Waals surface area contributed by atoms with E-state index in [1.807, 2.05) is 38.1 Å². The van der Waals surface area contributed by atoms with E-state index in [1.54, 1.807) is 0 Å². The molecule has 0 aromatic heterocycles. The maximum absolute atomic E-state index is 12.2. The van der Waals surface area contributed by atoms with Crippen molar-refractivity contribution in [3.8, 4) is 5.75 Å². The Labute approximate surface area is 145 Å². The van der Waals surface area contributed by atoms with E-state index in [0.717, 1.165) is 24.5 Å². The van der Waals surface area contributed by atoms with Gasteiger partial charge in [0.2, 0.25) is 5.91 Å². The molecule has 1 aliphatic rings. The monoisotopic (exact) mass is 340 g/mol. The molecule has 1 aromatic rings. The molecule has 0 aliphatic carbocycles. The standard InChI is InChI=1S/C18H28N2O2.ClH/c1-13(2)22-17-6-4-16(5-7-17)20-18(21)12-14(3)15-8-10-19-11-9-15;/h4-7,13-15,19H,8-12H2,1-3H3,(H,20,21);1H. The molecule has 1 aromatic carbocycles.